The van der Waals surface area contributed by atoms with Crippen LogP contribution in [0.15, 0.2) is 84.0 Å². The van der Waals surface area contributed by atoms with E-state index < -0.39 is 0 Å². The minimum atomic E-state index is -0.218. The number of benzene rings is 2. The van der Waals surface area contributed by atoms with Crippen LogP contribution < -0.4 is 20.7 Å². The second-order valence-corrected chi connectivity index (χ2v) is 6.34. The zero-order valence-corrected chi connectivity index (χ0v) is 16.4. The minimum Gasteiger partial charge on any atom is -0.487 e. The van der Waals surface area contributed by atoms with Crippen LogP contribution in [-0.4, -0.2) is 25.0 Å². The molecule has 3 N–H and O–H groups in total. The van der Waals surface area contributed by atoms with Crippen molar-refractivity contribution >= 4 is 23.2 Å². The van der Waals surface area contributed by atoms with Gasteiger partial charge in [0.15, 0.2) is 0 Å². The molecule has 30 heavy (non-hydrogen) atoms. The van der Waals surface area contributed by atoms with E-state index in [9.17, 15) is 9.59 Å². The number of amides is 2. The third kappa shape index (κ3) is 6.00. The molecule has 0 unspecified atom stereocenters. The molecule has 7 nitrogen and oxygen atoms in total. The van der Waals surface area contributed by atoms with Gasteiger partial charge in [0.2, 0.25) is 5.91 Å². The fraction of sp³-hybridized carbons (Fsp3) is 0.130. The van der Waals surface area contributed by atoms with Gasteiger partial charge in [-0.1, -0.05) is 24.8 Å². The molecule has 0 aliphatic heterocycles. The summed E-state index contributed by atoms with van der Waals surface area (Å²) >= 11 is 0. The molecular weight excluding hydrogens is 382 g/mol. The molecule has 3 aromatic rings. The number of nitrogens with one attached hydrogen (secondary N) is 3. The van der Waals surface area contributed by atoms with Gasteiger partial charge in [0.05, 0.1) is 25.0 Å². The highest BCUT2D eigenvalue weighted by Gasteiger charge is 2.09. The highest BCUT2D eigenvalue weighted by molar-refractivity contribution is 5.96. The fourth-order valence-electron chi connectivity index (χ4n) is 2.64. The number of hydrogen-bond acceptors (Lipinski definition) is 5. The van der Waals surface area contributed by atoms with Gasteiger partial charge in [0.25, 0.3) is 5.91 Å². The zero-order valence-electron chi connectivity index (χ0n) is 16.4. The van der Waals surface area contributed by atoms with E-state index in [0.717, 1.165) is 5.69 Å². The molecule has 0 saturated carbocycles. The van der Waals surface area contributed by atoms with Gasteiger partial charge in [-0.3, -0.25) is 9.59 Å². The number of para-hydroxylation sites is 2. The lowest BCUT2D eigenvalue weighted by molar-refractivity contribution is -0.114. The smallest absolute Gasteiger partial charge is 0.251 e. The van der Waals surface area contributed by atoms with Crippen molar-refractivity contribution in [1.29, 1.82) is 0 Å². The molecule has 0 fully saturated rings. The Balaban J connectivity index is 1.48. The van der Waals surface area contributed by atoms with Crippen LogP contribution in [0.4, 0.5) is 11.4 Å². The molecule has 154 valence electrons. The predicted molar refractivity (Wildman–Crippen MR) is 116 cm³/mol. The molecule has 3 rings (SSSR count). The minimum absolute atomic E-state index is 0.0693. The Morgan fingerprint density at radius 3 is 2.57 bits per heavy atom. The monoisotopic (exact) mass is 405 g/mol. The third-order valence-electron chi connectivity index (χ3n) is 4.12. The first-order valence-corrected chi connectivity index (χ1v) is 9.43. The van der Waals surface area contributed by atoms with Gasteiger partial charge in [-0.05, 0) is 48.5 Å². The number of ether oxygens (including phenoxy) is 1. The summed E-state index contributed by atoms with van der Waals surface area (Å²) in [4.78, 5) is 24.4. The summed E-state index contributed by atoms with van der Waals surface area (Å²) in [5.41, 5.74) is 1.84. The van der Waals surface area contributed by atoms with Crippen LogP contribution >= 0.6 is 0 Å². The van der Waals surface area contributed by atoms with Gasteiger partial charge < -0.3 is 25.1 Å². The van der Waals surface area contributed by atoms with Gasteiger partial charge in [0.1, 0.15) is 18.1 Å². The third-order valence-corrected chi connectivity index (χ3v) is 4.12. The summed E-state index contributed by atoms with van der Waals surface area (Å²) in [6.07, 6.45) is 3.20. The molecule has 2 amide bonds. The Morgan fingerprint density at radius 2 is 1.83 bits per heavy atom. The Hall–Kier alpha value is -4.00. The molecule has 1 heterocycles. The molecule has 0 radical (unpaired) electrons. The van der Waals surface area contributed by atoms with Gasteiger partial charge in [-0.2, -0.15) is 0 Å². The van der Waals surface area contributed by atoms with E-state index in [1.54, 1.807) is 60.9 Å². The molecule has 0 atom stereocenters. The van der Waals surface area contributed by atoms with Crippen LogP contribution in [0.1, 0.15) is 16.1 Å². The van der Waals surface area contributed by atoms with Gasteiger partial charge in [0, 0.05) is 11.3 Å². The molecule has 0 bridgehead atoms. The molecule has 1 aromatic heterocycles. The van der Waals surface area contributed by atoms with E-state index in [4.69, 9.17) is 9.15 Å². The van der Waals surface area contributed by atoms with Crippen LogP contribution in [0.3, 0.4) is 0 Å². The molecule has 2 aromatic carbocycles. The van der Waals surface area contributed by atoms with Crippen molar-refractivity contribution in [2.24, 2.45) is 0 Å². The van der Waals surface area contributed by atoms with E-state index >= 15 is 0 Å². The van der Waals surface area contributed by atoms with Crippen molar-refractivity contribution in [2.75, 3.05) is 23.8 Å². The summed E-state index contributed by atoms with van der Waals surface area (Å²) < 4.78 is 10.7. The van der Waals surface area contributed by atoms with E-state index in [2.05, 4.69) is 22.5 Å². The van der Waals surface area contributed by atoms with Gasteiger partial charge in [-0.25, -0.2) is 0 Å². The van der Waals surface area contributed by atoms with E-state index in [1.165, 1.54) is 0 Å². The van der Waals surface area contributed by atoms with Crippen LogP contribution in [0, 0.1) is 0 Å². The van der Waals surface area contributed by atoms with Crippen LogP contribution in [-0.2, 0) is 11.3 Å². The number of carbonyl (C=O) groups excluding carboxylic acids is 2. The second-order valence-electron chi connectivity index (χ2n) is 6.34. The maximum atomic E-state index is 12.3. The number of anilines is 2. The zero-order chi connectivity index (χ0) is 21.2. The Morgan fingerprint density at radius 1 is 1.03 bits per heavy atom. The largest absolute Gasteiger partial charge is 0.487 e. The normalized spacial score (nSPS) is 10.1. The van der Waals surface area contributed by atoms with E-state index in [0.29, 0.717) is 35.9 Å². The lowest BCUT2D eigenvalue weighted by Gasteiger charge is -2.12. The molecule has 7 heteroatoms. The van der Waals surface area contributed by atoms with E-state index in [-0.39, 0.29) is 18.4 Å². The number of carbonyl (C=O) groups is 2. The summed E-state index contributed by atoms with van der Waals surface area (Å²) in [6.45, 7) is 4.36. The first-order chi connectivity index (χ1) is 14.7. The maximum absolute atomic E-state index is 12.3. The fourth-order valence-corrected chi connectivity index (χ4v) is 2.64. The predicted octanol–water partition coefficient (Wildman–Crippen LogP) is 3.83. The van der Waals surface area contributed by atoms with Crippen molar-refractivity contribution in [3.63, 3.8) is 0 Å². The number of rotatable bonds is 10. The van der Waals surface area contributed by atoms with Gasteiger partial charge in [-0.15, -0.1) is 0 Å². The van der Waals surface area contributed by atoms with Gasteiger partial charge >= 0.3 is 0 Å². The van der Waals surface area contributed by atoms with Crippen molar-refractivity contribution in [3.05, 3.63) is 90.9 Å². The summed E-state index contributed by atoms with van der Waals surface area (Å²) in [5.74, 6) is 0.844. The topological polar surface area (TPSA) is 92.6 Å². The summed E-state index contributed by atoms with van der Waals surface area (Å²) in [5, 5.41) is 8.63. The SMILES string of the molecule is C=CCOc1ccccc1NC(=O)CNc1ccc(C(=O)NCc2ccco2)cc1. The first-order valence-electron chi connectivity index (χ1n) is 9.43. The van der Waals surface area contributed by atoms with Crippen LogP contribution in [0.2, 0.25) is 0 Å². The van der Waals surface area contributed by atoms with Crippen LogP contribution in [0.25, 0.3) is 0 Å². The molecule has 0 aliphatic rings. The molecular formula is C23H23N3O4. The maximum Gasteiger partial charge on any atom is 0.251 e. The van der Waals surface area contributed by atoms with Crippen molar-refractivity contribution in [2.45, 2.75) is 6.54 Å². The van der Waals surface area contributed by atoms with Crippen molar-refractivity contribution < 1.29 is 18.7 Å². The van der Waals surface area contributed by atoms with Crippen LogP contribution in [0.5, 0.6) is 5.75 Å². The Bertz CT molecular complexity index is 982. The van der Waals surface area contributed by atoms with E-state index in [1.807, 2.05) is 12.1 Å². The van der Waals surface area contributed by atoms with Crippen molar-refractivity contribution in [3.8, 4) is 5.75 Å². The molecule has 0 saturated heterocycles. The second kappa shape index (κ2) is 10.5. The Kier molecular flexibility index (Phi) is 7.27. The highest BCUT2D eigenvalue weighted by Crippen LogP contribution is 2.23. The lowest BCUT2D eigenvalue weighted by Crippen LogP contribution is -2.23. The Labute approximate surface area is 174 Å². The average Bonchev–Trinajstić information content (AvgIpc) is 3.29. The summed E-state index contributed by atoms with van der Waals surface area (Å²) in [6, 6.07) is 17.6. The number of hydrogen-bond donors (Lipinski definition) is 3. The summed E-state index contributed by atoms with van der Waals surface area (Å²) in [7, 11) is 0. The highest BCUT2D eigenvalue weighted by atomic mass is 16.5. The lowest BCUT2D eigenvalue weighted by atomic mass is 10.2. The molecule has 0 spiro atoms. The quantitative estimate of drug-likeness (QED) is 0.446. The first kappa shape index (κ1) is 20.7. The van der Waals surface area contributed by atoms with Crippen molar-refractivity contribution in [1.82, 2.24) is 5.32 Å². The standard InChI is InChI=1S/C23H23N3O4/c1-2-13-30-21-8-4-3-7-20(21)26-22(27)16-24-18-11-9-17(10-12-18)23(28)25-15-19-6-5-14-29-19/h2-12,14,24H,1,13,15-16H2,(H,25,28)(H,26,27). The average molecular weight is 405 g/mol. The molecule has 0 aliphatic carbocycles. The number of furan rings is 1.